The Morgan fingerprint density at radius 3 is 2.38 bits per heavy atom. The van der Waals surface area contributed by atoms with Crippen LogP contribution in [-0.2, 0) is 23.6 Å². The number of rotatable bonds is 5. The zero-order valence-electron chi connectivity index (χ0n) is 16.2. The highest BCUT2D eigenvalue weighted by molar-refractivity contribution is 14.0. The number of nitrogens with zero attached hydrogens (tertiary/aromatic N) is 4. The molecule has 0 aliphatic carbocycles. The topological polar surface area (TPSA) is 91.6 Å². The lowest BCUT2D eigenvalue weighted by Crippen LogP contribution is -2.49. The SMILES string of the molecule is CCS(=O)(=O)N1CCC(NC(=NC)NCc2c(C)nn(C)c2C)CC1.I. The van der Waals surface area contributed by atoms with Crippen molar-refractivity contribution in [2.24, 2.45) is 12.0 Å². The molecular formula is C16H31IN6O2S. The minimum atomic E-state index is -3.08. The normalized spacial score (nSPS) is 17.0. The number of sulfonamides is 1. The van der Waals surface area contributed by atoms with Crippen molar-refractivity contribution < 1.29 is 8.42 Å². The lowest BCUT2D eigenvalue weighted by molar-refractivity contribution is 0.306. The van der Waals surface area contributed by atoms with Gasteiger partial charge in [-0.05, 0) is 33.6 Å². The Labute approximate surface area is 173 Å². The summed E-state index contributed by atoms with van der Waals surface area (Å²) < 4.78 is 27.3. The maximum atomic E-state index is 11.9. The minimum Gasteiger partial charge on any atom is -0.354 e. The zero-order chi connectivity index (χ0) is 18.6. The summed E-state index contributed by atoms with van der Waals surface area (Å²) in [7, 11) is 0.605. The smallest absolute Gasteiger partial charge is 0.213 e. The van der Waals surface area contributed by atoms with Gasteiger partial charge in [0, 0.05) is 51.0 Å². The monoisotopic (exact) mass is 498 g/mol. The van der Waals surface area contributed by atoms with Gasteiger partial charge >= 0.3 is 0 Å². The van der Waals surface area contributed by atoms with Gasteiger partial charge in [-0.3, -0.25) is 9.67 Å². The molecule has 0 bridgehead atoms. The second-order valence-corrected chi connectivity index (χ2v) is 8.67. The van der Waals surface area contributed by atoms with E-state index in [9.17, 15) is 8.42 Å². The van der Waals surface area contributed by atoms with E-state index in [1.54, 1.807) is 18.3 Å². The molecule has 2 N–H and O–H groups in total. The van der Waals surface area contributed by atoms with E-state index in [1.807, 2.05) is 18.7 Å². The molecule has 0 unspecified atom stereocenters. The molecule has 0 radical (unpaired) electrons. The summed E-state index contributed by atoms with van der Waals surface area (Å²) in [5, 5.41) is 11.2. The third-order valence-electron chi connectivity index (χ3n) is 4.87. The molecule has 2 rings (SSSR count). The number of aliphatic imine (C=N–C) groups is 1. The first-order valence-corrected chi connectivity index (χ1v) is 10.3. The van der Waals surface area contributed by atoms with Crippen LogP contribution in [0.3, 0.4) is 0 Å². The van der Waals surface area contributed by atoms with Crippen LogP contribution in [0.2, 0.25) is 0 Å². The van der Waals surface area contributed by atoms with Crippen LogP contribution in [0, 0.1) is 13.8 Å². The maximum Gasteiger partial charge on any atom is 0.213 e. The molecule has 150 valence electrons. The summed E-state index contributed by atoms with van der Waals surface area (Å²) >= 11 is 0. The van der Waals surface area contributed by atoms with Gasteiger partial charge in [0.1, 0.15) is 0 Å². The average Bonchev–Trinajstić information content (AvgIpc) is 2.84. The fourth-order valence-corrected chi connectivity index (χ4v) is 4.23. The molecule has 1 aliphatic rings. The van der Waals surface area contributed by atoms with Gasteiger partial charge in [0.05, 0.1) is 11.4 Å². The number of hydrogen-bond acceptors (Lipinski definition) is 4. The Bertz CT molecular complexity index is 723. The van der Waals surface area contributed by atoms with Crippen LogP contribution in [0.4, 0.5) is 0 Å². The van der Waals surface area contributed by atoms with Crippen molar-refractivity contribution in [2.45, 2.75) is 46.2 Å². The second-order valence-electron chi connectivity index (χ2n) is 6.42. The van der Waals surface area contributed by atoms with Crippen LogP contribution in [0.25, 0.3) is 0 Å². The molecule has 0 aromatic carbocycles. The van der Waals surface area contributed by atoms with Crippen molar-refractivity contribution in [2.75, 3.05) is 25.9 Å². The van der Waals surface area contributed by atoms with Gasteiger partial charge < -0.3 is 10.6 Å². The van der Waals surface area contributed by atoms with Gasteiger partial charge in [0.25, 0.3) is 0 Å². The van der Waals surface area contributed by atoms with Gasteiger partial charge in [0.15, 0.2) is 5.96 Å². The Morgan fingerprint density at radius 1 is 1.31 bits per heavy atom. The van der Waals surface area contributed by atoms with Gasteiger partial charge in [-0.15, -0.1) is 24.0 Å². The Morgan fingerprint density at radius 2 is 1.92 bits per heavy atom. The molecule has 2 heterocycles. The number of aromatic nitrogens is 2. The predicted octanol–water partition coefficient (Wildman–Crippen LogP) is 1.13. The number of guanidine groups is 1. The van der Waals surface area contributed by atoms with Gasteiger partial charge in [0.2, 0.25) is 10.0 Å². The van der Waals surface area contributed by atoms with Gasteiger partial charge in [-0.25, -0.2) is 12.7 Å². The lowest BCUT2D eigenvalue weighted by atomic mass is 10.1. The quantitative estimate of drug-likeness (QED) is 0.361. The third kappa shape index (κ3) is 5.56. The van der Waals surface area contributed by atoms with Crippen molar-refractivity contribution >= 4 is 40.0 Å². The summed E-state index contributed by atoms with van der Waals surface area (Å²) in [5.74, 6) is 0.900. The maximum absolute atomic E-state index is 11.9. The van der Waals surface area contributed by atoms with E-state index in [2.05, 4.69) is 27.6 Å². The first-order chi connectivity index (χ1) is 11.8. The van der Waals surface area contributed by atoms with Gasteiger partial charge in [-0.1, -0.05) is 0 Å². The lowest BCUT2D eigenvalue weighted by Gasteiger charge is -2.32. The number of halogens is 1. The molecule has 0 saturated carbocycles. The summed E-state index contributed by atoms with van der Waals surface area (Å²) in [6.07, 6.45) is 1.57. The zero-order valence-corrected chi connectivity index (χ0v) is 19.4. The highest BCUT2D eigenvalue weighted by Gasteiger charge is 2.27. The van der Waals surface area contributed by atoms with Gasteiger partial charge in [-0.2, -0.15) is 5.10 Å². The van der Waals surface area contributed by atoms with Crippen LogP contribution in [0.15, 0.2) is 4.99 Å². The first-order valence-electron chi connectivity index (χ1n) is 8.72. The third-order valence-corrected chi connectivity index (χ3v) is 6.75. The van der Waals surface area contributed by atoms with Crippen molar-refractivity contribution in [3.05, 3.63) is 17.0 Å². The molecule has 0 atom stereocenters. The number of nitrogens with one attached hydrogen (secondary N) is 2. The fraction of sp³-hybridized carbons (Fsp3) is 0.750. The Balaban J connectivity index is 0.00000338. The summed E-state index contributed by atoms with van der Waals surface area (Å²) in [6, 6.07) is 0.227. The number of hydrogen-bond donors (Lipinski definition) is 2. The van der Waals surface area contributed by atoms with E-state index < -0.39 is 10.0 Å². The molecular weight excluding hydrogens is 467 g/mol. The van der Waals surface area contributed by atoms with Crippen LogP contribution in [0.5, 0.6) is 0 Å². The first kappa shape index (κ1) is 23.2. The molecule has 1 fully saturated rings. The molecule has 26 heavy (non-hydrogen) atoms. The standard InChI is InChI=1S/C16H30N6O2S.HI/c1-6-25(23,24)22-9-7-14(8-10-22)19-16(17-4)18-11-15-12(2)20-21(5)13(15)3;/h14H,6-11H2,1-5H3,(H2,17,18,19);1H. The second kappa shape index (κ2) is 9.88. The minimum absolute atomic E-state index is 0. The summed E-state index contributed by atoms with van der Waals surface area (Å²) in [5.41, 5.74) is 3.33. The predicted molar refractivity (Wildman–Crippen MR) is 115 cm³/mol. The number of piperidine rings is 1. The Hall–Kier alpha value is -0.880. The van der Waals surface area contributed by atoms with E-state index in [1.165, 1.54) is 5.56 Å². The molecule has 8 nitrogen and oxygen atoms in total. The Kier molecular flexibility index (Phi) is 8.80. The summed E-state index contributed by atoms with van der Waals surface area (Å²) in [6.45, 7) is 7.53. The van der Waals surface area contributed by atoms with E-state index in [0.717, 1.165) is 30.2 Å². The van der Waals surface area contributed by atoms with Crippen LogP contribution in [-0.4, -0.2) is 60.4 Å². The molecule has 10 heteroatoms. The van der Waals surface area contributed by atoms with Crippen molar-refractivity contribution in [1.82, 2.24) is 24.7 Å². The van der Waals surface area contributed by atoms with Crippen LogP contribution in [0.1, 0.15) is 36.7 Å². The van der Waals surface area contributed by atoms with Crippen LogP contribution < -0.4 is 10.6 Å². The van der Waals surface area contributed by atoms with E-state index >= 15 is 0 Å². The molecule has 1 aromatic rings. The number of aryl methyl sites for hydroxylation is 2. The highest BCUT2D eigenvalue weighted by atomic mass is 127. The molecule has 1 saturated heterocycles. The van der Waals surface area contributed by atoms with Crippen molar-refractivity contribution in [3.63, 3.8) is 0 Å². The summed E-state index contributed by atoms with van der Waals surface area (Å²) in [4.78, 5) is 4.28. The van der Waals surface area contributed by atoms with Crippen molar-refractivity contribution in [1.29, 1.82) is 0 Å². The van der Waals surface area contributed by atoms with E-state index in [-0.39, 0.29) is 35.8 Å². The molecule has 0 amide bonds. The molecule has 0 spiro atoms. The van der Waals surface area contributed by atoms with Crippen molar-refractivity contribution in [3.8, 4) is 0 Å². The molecule has 1 aliphatic heterocycles. The molecule has 1 aromatic heterocycles. The van der Waals surface area contributed by atoms with Crippen LogP contribution >= 0.6 is 24.0 Å². The largest absolute Gasteiger partial charge is 0.354 e. The average molecular weight is 498 g/mol. The van der Waals surface area contributed by atoms with E-state index in [0.29, 0.717) is 19.6 Å². The van der Waals surface area contributed by atoms with E-state index in [4.69, 9.17) is 0 Å². The fourth-order valence-electron chi connectivity index (χ4n) is 3.09. The highest BCUT2D eigenvalue weighted by Crippen LogP contribution is 2.15.